The van der Waals surface area contributed by atoms with Crippen LogP contribution in [0.25, 0.3) is 0 Å². The molecule has 20 heavy (non-hydrogen) atoms. The molecule has 0 radical (unpaired) electrons. The minimum absolute atomic E-state index is 0.354. The Bertz CT molecular complexity index is 528. The van der Waals surface area contributed by atoms with Crippen LogP contribution in [-0.4, -0.2) is 25.0 Å². The van der Waals surface area contributed by atoms with E-state index in [0.717, 1.165) is 18.8 Å². The highest BCUT2D eigenvalue weighted by Crippen LogP contribution is 2.54. The fourth-order valence-electron chi connectivity index (χ4n) is 3.29. The van der Waals surface area contributed by atoms with Crippen LogP contribution in [0.5, 0.6) is 0 Å². The highest BCUT2D eigenvalue weighted by molar-refractivity contribution is 5.49. The zero-order chi connectivity index (χ0) is 14.2. The number of benzene rings is 1. The number of para-hydroxylation sites is 1. The summed E-state index contributed by atoms with van der Waals surface area (Å²) in [5, 5.41) is 2.03. The molecule has 1 aromatic carbocycles. The number of anilines is 1. The van der Waals surface area contributed by atoms with Gasteiger partial charge < -0.3 is 4.90 Å². The van der Waals surface area contributed by atoms with E-state index < -0.39 is 0 Å². The third-order valence-electron chi connectivity index (χ3n) is 4.34. The molecule has 3 rings (SSSR count). The molecule has 0 saturated heterocycles. The van der Waals surface area contributed by atoms with E-state index in [1.165, 1.54) is 24.1 Å². The molecule has 0 amide bonds. The van der Waals surface area contributed by atoms with Gasteiger partial charge in [0.25, 0.3) is 0 Å². The summed E-state index contributed by atoms with van der Waals surface area (Å²) in [6.07, 6.45) is 4.43. The second-order valence-corrected chi connectivity index (χ2v) is 6.11. The number of hydrogen-bond acceptors (Lipinski definition) is 3. The van der Waals surface area contributed by atoms with E-state index >= 15 is 0 Å². The SMILES string of the molecule is C=CN(NC1=C(C)CN(C)CC12CC2)c1ccccc1. The summed E-state index contributed by atoms with van der Waals surface area (Å²) in [6, 6.07) is 10.3. The van der Waals surface area contributed by atoms with Crippen molar-refractivity contribution >= 4 is 5.69 Å². The highest BCUT2D eigenvalue weighted by Gasteiger charge is 2.50. The van der Waals surface area contributed by atoms with Gasteiger partial charge in [0.2, 0.25) is 0 Å². The Morgan fingerprint density at radius 1 is 1.30 bits per heavy atom. The van der Waals surface area contributed by atoms with Gasteiger partial charge in [-0.25, -0.2) is 0 Å². The lowest BCUT2D eigenvalue weighted by Crippen LogP contribution is -2.44. The molecule has 3 nitrogen and oxygen atoms in total. The Labute approximate surface area is 121 Å². The number of nitrogens with one attached hydrogen (secondary N) is 1. The lowest BCUT2D eigenvalue weighted by atomic mass is 9.93. The minimum Gasteiger partial charge on any atom is -0.301 e. The van der Waals surface area contributed by atoms with E-state index in [4.69, 9.17) is 0 Å². The van der Waals surface area contributed by atoms with Crippen LogP contribution < -0.4 is 10.4 Å². The summed E-state index contributed by atoms with van der Waals surface area (Å²) in [7, 11) is 2.21. The first-order valence-corrected chi connectivity index (χ1v) is 7.27. The number of rotatable bonds is 4. The minimum atomic E-state index is 0.354. The van der Waals surface area contributed by atoms with Crippen molar-refractivity contribution in [2.24, 2.45) is 5.41 Å². The first kappa shape index (κ1) is 13.3. The van der Waals surface area contributed by atoms with E-state index in [1.54, 1.807) is 0 Å². The van der Waals surface area contributed by atoms with Crippen LogP contribution in [0.15, 0.2) is 54.4 Å². The van der Waals surface area contributed by atoms with Gasteiger partial charge in [-0.3, -0.25) is 10.4 Å². The van der Waals surface area contributed by atoms with Gasteiger partial charge in [-0.2, -0.15) is 0 Å². The van der Waals surface area contributed by atoms with Crippen molar-refractivity contribution in [2.75, 3.05) is 25.1 Å². The zero-order valence-electron chi connectivity index (χ0n) is 12.4. The van der Waals surface area contributed by atoms with Gasteiger partial charge in [0.15, 0.2) is 0 Å². The van der Waals surface area contributed by atoms with Crippen molar-refractivity contribution in [3.8, 4) is 0 Å². The lowest BCUT2D eigenvalue weighted by Gasteiger charge is -2.37. The second-order valence-electron chi connectivity index (χ2n) is 6.11. The van der Waals surface area contributed by atoms with E-state index in [-0.39, 0.29) is 0 Å². The van der Waals surface area contributed by atoms with Crippen LogP contribution in [0, 0.1) is 5.41 Å². The Kier molecular flexibility index (Phi) is 3.30. The summed E-state index contributed by atoms with van der Waals surface area (Å²) in [6.45, 7) is 8.39. The van der Waals surface area contributed by atoms with Gasteiger partial charge in [0.1, 0.15) is 0 Å². The molecule has 0 unspecified atom stereocenters. The standard InChI is InChI=1S/C17H23N3/c1-4-20(15-8-6-5-7-9-15)18-16-14(2)12-19(3)13-17(16)10-11-17/h4-9,18H,1,10-13H2,2-3H3. The first-order valence-electron chi connectivity index (χ1n) is 7.27. The second kappa shape index (κ2) is 4.98. The van der Waals surface area contributed by atoms with Crippen molar-refractivity contribution in [1.29, 1.82) is 0 Å². The molecule has 106 valence electrons. The quantitative estimate of drug-likeness (QED) is 0.847. The molecule has 1 saturated carbocycles. The molecule has 0 bridgehead atoms. The molecule has 1 spiro atoms. The fraction of sp³-hybridized carbons (Fsp3) is 0.412. The normalized spacial score (nSPS) is 20.9. The fourth-order valence-corrected chi connectivity index (χ4v) is 3.29. The molecule has 2 aliphatic rings. The molecule has 1 aliphatic heterocycles. The van der Waals surface area contributed by atoms with E-state index in [0.29, 0.717) is 5.41 Å². The van der Waals surface area contributed by atoms with E-state index in [2.05, 4.69) is 55.1 Å². The predicted octanol–water partition coefficient (Wildman–Crippen LogP) is 3.14. The average Bonchev–Trinajstić information content (AvgIpc) is 3.19. The molecular formula is C17H23N3. The van der Waals surface area contributed by atoms with Gasteiger partial charge in [0, 0.05) is 30.4 Å². The highest BCUT2D eigenvalue weighted by atomic mass is 15.5. The van der Waals surface area contributed by atoms with Crippen LogP contribution in [0.2, 0.25) is 0 Å². The largest absolute Gasteiger partial charge is 0.301 e. The van der Waals surface area contributed by atoms with Crippen molar-refractivity contribution < 1.29 is 0 Å². The topological polar surface area (TPSA) is 18.5 Å². The van der Waals surface area contributed by atoms with Crippen LogP contribution in [0.1, 0.15) is 19.8 Å². The van der Waals surface area contributed by atoms with Crippen LogP contribution >= 0.6 is 0 Å². The monoisotopic (exact) mass is 269 g/mol. The molecule has 3 heteroatoms. The zero-order valence-corrected chi connectivity index (χ0v) is 12.4. The molecule has 1 fully saturated rings. The Balaban J connectivity index is 1.86. The maximum atomic E-state index is 3.94. The van der Waals surface area contributed by atoms with E-state index in [9.17, 15) is 0 Å². The molecule has 1 N–H and O–H groups in total. The summed E-state index contributed by atoms with van der Waals surface area (Å²) in [4.78, 5) is 2.42. The number of hydrazine groups is 1. The maximum Gasteiger partial charge on any atom is 0.0623 e. The first-order chi connectivity index (χ1) is 9.64. The van der Waals surface area contributed by atoms with Crippen molar-refractivity contribution in [3.63, 3.8) is 0 Å². The van der Waals surface area contributed by atoms with Crippen LogP contribution in [0.3, 0.4) is 0 Å². The summed E-state index contributed by atoms with van der Waals surface area (Å²) < 4.78 is 0. The van der Waals surface area contributed by atoms with Crippen molar-refractivity contribution in [1.82, 2.24) is 10.3 Å². The van der Waals surface area contributed by atoms with Gasteiger partial charge >= 0.3 is 0 Å². The summed E-state index contributed by atoms with van der Waals surface area (Å²) >= 11 is 0. The van der Waals surface area contributed by atoms with Crippen molar-refractivity contribution in [2.45, 2.75) is 19.8 Å². The van der Waals surface area contributed by atoms with Gasteiger partial charge in [-0.1, -0.05) is 24.8 Å². The predicted molar refractivity (Wildman–Crippen MR) is 84.1 cm³/mol. The number of hydrogen-bond donors (Lipinski definition) is 1. The maximum absolute atomic E-state index is 3.94. The van der Waals surface area contributed by atoms with Crippen LogP contribution in [-0.2, 0) is 0 Å². The molecule has 0 aromatic heterocycles. The molecule has 0 atom stereocenters. The number of likely N-dealkylation sites (N-methyl/N-ethyl adjacent to an activating group) is 1. The average molecular weight is 269 g/mol. The van der Waals surface area contributed by atoms with E-state index in [1.807, 2.05) is 17.3 Å². The Morgan fingerprint density at radius 2 is 2.00 bits per heavy atom. The van der Waals surface area contributed by atoms with Gasteiger partial charge in [-0.05, 0) is 44.5 Å². The smallest absolute Gasteiger partial charge is 0.0623 e. The Morgan fingerprint density at radius 3 is 2.60 bits per heavy atom. The summed E-state index contributed by atoms with van der Waals surface area (Å²) in [5.41, 5.74) is 7.94. The molecule has 1 aliphatic carbocycles. The molecule has 1 aromatic rings. The molecular weight excluding hydrogens is 246 g/mol. The third-order valence-corrected chi connectivity index (χ3v) is 4.34. The summed E-state index contributed by atoms with van der Waals surface area (Å²) in [5.74, 6) is 0. The lowest BCUT2D eigenvalue weighted by molar-refractivity contribution is 0.270. The molecule has 1 heterocycles. The van der Waals surface area contributed by atoms with Crippen molar-refractivity contribution in [3.05, 3.63) is 54.4 Å². The Hall–Kier alpha value is -1.74. The van der Waals surface area contributed by atoms with Crippen LogP contribution in [0.4, 0.5) is 5.69 Å². The van der Waals surface area contributed by atoms with Gasteiger partial charge in [-0.15, -0.1) is 0 Å². The van der Waals surface area contributed by atoms with Gasteiger partial charge in [0.05, 0.1) is 5.69 Å². The number of nitrogens with zero attached hydrogens (tertiary/aromatic N) is 2. The third kappa shape index (κ3) is 2.34.